The lowest BCUT2D eigenvalue weighted by atomic mass is 10.1. The van der Waals surface area contributed by atoms with Gasteiger partial charge in [-0.25, -0.2) is 4.99 Å². The molecule has 22 heavy (non-hydrogen) atoms. The van der Waals surface area contributed by atoms with E-state index >= 15 is 0 Å². The minimum atomic E-state index is -0.246. The van der Waals surface area contributed by atoms with Gasteiger partial charge in [0.25, 0.3) is 0 Å². The third-order valence-electron chi connectivity index (χ3n) is 3.23. The zero-order chi connectivity index (χ0) is 16.6. The highest BCUT2D eigenvalue weighted by molar-refractivity contribution is 9.10. The molecule has 0 bridgehead atoms. The fraction of sp³-hybridized carbons (Fsp3) is 0.562. The van der Waals surface area contributed by atoms with Crippen LogP contribution in [0.3, 0.4) is 0 Å². The Morgan fingerprint density at radius 1 is 1.27 bits per heavy atom. The van der Waals surface area contributed by atoms with Crippen molar-refractivity contribution < 1.29 is 9.47 Å². The van der Waals surface area contributed by atoms with Crippen LogP contribution in [0.4, 0.5) is 0 Å². The summed E-state index contributed by atoms with van der Waals surface area (Å²) in [4.78, 5) is 4.61. The summed E-state index contributed by atoms with van der Waals surface area (Å²) in [5, 5.41) is 6.53. The van der Waals surface area contributed by atoms with E-state index in [0.717, 1.165) is 28.3 Å². The summed E-state index contributed by atoms with van der Waals surface area (Å²) in [6.45, 7) is 8.10. The number of rotatable bonds is 7. The third kappa shape index (κ3) is 6.23. The van der Waals surface area contributed by atoms with Crippen molar-refractivity contribution in [1.82, 2.24) is 10.6 Å². The van der Waals surface area contributed by atoms with Crippen molar-refractivity contribution in [2.24, 2.45) is 4.99 Å². The molecule has 0 amide bonds. The van der Waals surface area contributed by atoms with Gasteiger partial charge in [-0.1, -0.05) is 15.9 Å². The highest BCUT2D eigenvalue weighted by Gasteiger charge is 2.16. The molecule has 6 heteroatoms. The molecular weight excluding hydrogens is 346 g/mol. The molecular formula is C16H26BrN3O2. The van der Waals surface area contributed by atoms with E-state index in [9.17, 15) is 0 Å². The molecule has 124 valence electrons. The lowest BCUT2D eigenvalue weighted by Crippen LogP contribution is -2.45. The summed E-state index contributed by atoms with van der Waals surface area (Å²) in [5.41, 5.74) is 0.781. The van der Waals surface area contributed by atoms with Gasteiger partial charge >= 0.3 is 0 Å². The molecule has 5 nitrogen and oxygen atoms in total. The number of nitrogens with one attached hydrogen (secondary N) is 2. The van der Waals surface area contributed by atoms with E-state index in [1.807, 2.05) is 39.0 Å². The average molecular weight is 372 g/mol. The summed E-state index contributed by atoms with van der Waals surface area (Å²) in [5.74, 6) is 1.59. The average Bonchev–Trinajstić information content (AvgIpc) is 2.50. The number of hydrogen-bond acceptors (Lipinski definition) is 3. The van der Waals surface area contributed by atoms with Crippen molar-refractivity contribution in [2.75, 3.05) is 27.3 Å². The molecule has 0 saturated heterocycles. The first-order valence-corrected chi connectivity index (χ1v) is 8.11. The molecule has 0 atom stereocenters. The molecule has 1 aromatic rings. The van der Waals surface area contributed by atoms with Crippen LogP contribution in [-0.2, 0) is 11.3 Å². The molecule has 1 aromatic carbocycles. The lowest BCUT2D eigenvalue weighted by molar-refractivity contribution is 0.0268. The predicted molar refractivity (Wildman–Crippen MR) is 94.6 cm³/mol. The number of hydrogen-bond donors (Lipinski definition) is 2. The molecule has 0 saturated carbocycles. The van der Waals surface area contributed by atoms with Crippen molar-refractivity contribution in [3.05, 3.63) is 28.2 Å². The van der Waals surface area contributed by atoms with E-state index in [1.165, 1.54) is 0 Å². The van der Waals surface area contributed by atoms with Gasteiger partial charge in [0.2, 0.25) is 0 Å². The molecule has 0 fully saturated rings. The molecule has 1 rings (SSSR count). The first-order chi connectivity index (χ1) is 10.4. The molecule has 2 N–H and O–H groups in total. The molecule has 0 unspecified atom stereocenters. The number of nitrogens with zero attached hydrogens (tertiary/aromatic N) is 1. The van der Waals surface area contributed by atoms with Gasteiger partial charge in [-0.05, 0) is 39.0 Å². The minimum Gasteiger partial charge on any atom is -0.496 e. The van der Waals surface area contributed by atoms with E-state index < -0.39 is 0 Å². The maximum Gasteiger partial charge on any atom is 0.191 e. The Morgan fingerprint density at radius 2 is 2.00 bits per heavy atom. The van der Waals surface area contributed by atoms with Crippen LogP contribution in [0.1, 0.15) is 26.3 Å². The summed E-state index contributed by atoms with van der Waals surface area (Å²) in [6, 6.07) is 5.91. The van der Waals surface area contributed by atoms with Gasteiger partial charge in [0.15, 0.2) is 5.96 Å². The molecule has 0 heterocycles. The number of benzene rings is 1. The number of ether oxygens (including phenoxy) is 2. The van der Waals surface area contributed by atoms with Gasteiger partial charge in [-0.3, -0.25) is 0 Å². The second kappa shape index (κ2) is 9.00. The van der Waals surface area contributed by atoms with Crippen molar-refractivity contribution >= 4 is 21.9 Å². The molecule has 0 aromatic heterocycles. The fourth-order valence-corrected chi connectivity index (χ4v) is 2.15. The zero-order valence-electron chi connectivity index (χ0n) is 14.0. The summed E-state index contributed by atoms with van der Waals surface area (Å²) < 4.78 is 11.8. The van der Waals surface area contributed by atoms with Crippen LogP contribution in [0.5, 0.6) is 5.75 Å². The van der Waals surface area contributed by atoms with Crippen molar-refractivity contribution in [3.63, 3.8) is 0 Å². The topological polar surface area (TPSA) is 54.9 Å². The number of halogens is 1. The predicted octanol–water partition coefficient (Wildman–Crippen LogP) is 2.94. The van der Waals surface area contributed by atoms with Crippen LogP contribution in [0.2, 0.25) is 0 Å². The first kappa shape index (κ1) is 18.8. The Kier molecular flexibility index (Phi) is 7.68. The highest BCUT2D eigenvalue weighted by Crippen LogP contribution is 2.23. The van der Waals surface area contributed by atoms with E-state index in [2.05, 4.69) is 31.6 Å². The van der Waals surface area contributed by atoms with E-state index in [4.69, 9.17) is 9.47 Å². The third-order valence-corrected chi connectivity index (χ3v) is 3.72. The fourth-order valence-electron chi connectivity index (χ4n) is 1.75. The molecule has 0 radical (unpaired) electrons. The van der Waals surface area contributed by atoms with Crippen LogP contribution >= 0.6 is 15.9 Å². The maximum absolute atomic E-state index is 5.41. The second-order valence-corrected chi connectivity index (χ2v) is 6.38. The Labute approximate surface area is 141 Å². The summed E-state index contributed by atoms with van der Waals surface area (Å²) >= 11 is 3.48. The lowest BCUT2D eigenvalue weighted by Gasteiger charge is -2.24. The van der Waals surface area contributed by atoms with Crippen molar-refractivity contribution in [1.29, 1.82) is 0 Å². The number of aliphatic imine (C=N–C) groups is 1. The summed E-state index contributed by atoms with van der Waals surface area (Å²) in [6.07, 6.45) is 0. The van der Waals surface area contributed by atoms with Gasteiger partial charge in [0, 0.05) is 30.2 Å². The van der Waals surface area contributed by atoms with Gasteiger partial charge < -0.3 is 20.1 Å². The van der Waals surface area contributed by atoms with Gasteiger partial charge in [0.05, 0.1) is 19.3 Å². The number of methoxy groups -OCH3 is 2. The Balaban J connectivity index is 2.79. The SMILES string of the molecule is CCNC(=NCc1cc(Br)ccc1OC)NCC(C)(C)OC. The van der Waals surface area contributed by atoms with Crippen LogP contribution in [0.15, 0.2) is 27.7 Å². The smallest absolute Gasteiger partial charge is 0.191 e. The molecule has 0 spiro atoms. The second-order valence-electron chi connectivity index (χ2n) is 5.47. The van der Waals surface area contributed by atoms with Crippen LogP contribution in [-0.4, -0.2) is 38.9 Å². The van der Waals surface area contributed by atoms with Gasteiger partial charge in [-0.2, -0.15) is 0 Å². The van der Waals surface area contributed by atoms with Gasteiger partial charge in [0.1, 0.15) is 5.75 Å². The van der Waals surface area contributed by atoms with Crippen molar-refractivity contribution in [2.45, 2.75) is 32.9 Å². The summed E-state index contributed by atoms with van der Waals surface area (Å²) in [7, 11) is 3.37. The van der Waals surface area contributed by atoms with Crippen LogP contribution in [0, 0.1) is 0 Å². The van der Waals surface area contributed by atoms with Crippen LogP contribution in [0.25, 0.3) is 0 Å². The quantitative estimate of drug-likeness (QED) is 0.571. The van der Waals surface area contributed by atoms with Gasteiger partial charge in [-0.15, -0.1) is 0 Å². The molecule has 0 aliphatic rings. The number of guanidine groups is 1. The normalized spacial score (nSPS) is 12.2. The maximum atomic E-state index is 5.41. The molecule has 0 aliphatic carbocycles. The molecule has 0 aliphatic heterocycles. The van der Waals surface area contributed by atoms with E-state index in [0.29, 0.717) is 13.1 Å². The Hall–Kier alpha value is -1.27. The Morgan fingerprint density at radius 3 is 2.59 bits per heavy atom. The highest BCUT2D eigenvalue weighted by atomic mass is 79.9. The first-order valence-electron chi connectivity index (χ1n) is 7.31. The van der Waals surface area contributed by atoms with E-state index in [1.54, 1.807) is 14.2 Å². The Bertz CT molecular complexity index is 504. The van der Waals surface area contributed by atoms with E-state index in [-0.39, 0.29) is 5.60 Å². The zero-order valence-corrected chi connectivity index (χ0v) is 15.6. The monoisotopic (exact) mass is 371 g/mol. The largest absolute Gasteiger partial charge is 0.496 e. The minimum absolute atomic E-state index is 0.246. The standard InChI is InChI=1S/C16H26BrN3O2/c1-6-18-15(20-11-16(2,3)22-5)19-10-12-9-13(17)7-8-14(12)21-4/h7-9H,6,10-11H2,1-5H3,(H2,18,19,20). The van der Waals surface area contributed by atoms with Crippen LogP contribution < -0.4 is 15.4 Å². The van der Waals surface area contributed by atoms with Crippen molar-refractivity contribution in [3.8, 4) is 5.75 Å².